The monoisotopic (exact) mass is 198 g/mol. The largest absolute Gasteiger partial charge is 0.255 e. The Morgan fingerprint density at radius 1 is 1.29 bits per heavy atom. The van der Waals surface area contributed by atoms with Crippen LogP contribution in [-0.4, -0.2) is 18.1 Å². The average molecular weight is 198 g/mol. The van der Waals surface area contributed by atoms with Crippen LogP contribution in [0.2, 0.25) is 0 Å². The van der Waals surface area contributed by atoms with Gasteiger partial charge in [-0.05, 0) is 24.1 Å². The number of nitrogens with zero attached hydrogens (tertiary/aromatic N) is 1. The summed E-state index contributed by atoms with van der Waals surface area (Å²) >= 11 is 0. The van der Waals surface area contributed by atoms with Crippen molar-refractivity contribution >= 4 is 0 Å². The summed E-state index contributed by atoms with van der Waals surface area (Å²) in [6.45, 7) is 2.54. The second kappa shape index (κ2) is 4.02. The highest BCUT2D eigenvalue weighted by atomic mass is 19.2. The number of hydrogen-bond donors (Lipinski definition) is 1. The van der Waals surface area contributed by atoms with E-state index in [1.807, 2.05) is 5.01 Å². The summed E-state index contributed by atoms with van der Waals surface area (Å²) < 4.78 is 25.4. The maximum atomic E-state index is 12.8. The molecule has 1 aromatic rings. The predicted molar refractivity (Wildman–Crippen MR) is 49.4 cm³/mol. The van der Waals surface area contributed by atoms with Crippen LogP contribution in [0.4, 0.5) is 8.78 Å². The van der Waals surface area contributed by atoms with Crippen LogP contribution in [0.1, 0.15) is 12.0 Å². The van der Waals surface area contributed by atoms with Crippen molar-refractivity contribution in [2.24, 2.45) is 0 Å². The molecule has 1 fully saturated rings. The fourth-order valence-electron chi connectivity index (χ4n) is 1.58. The van der Waals surface area contributed by atoms with Gasteiger partial charge in [0.15, 0.2) is 11.6 Å². The SMILES string of the molecule is Fc1ccc(CN2CCCN2)cc1F. The van der Waals surface area contributed by atoms with E-state index in [9.17, 15) is 8.78 Å². The van der Waals surface area contributed by atoms with Crippen LogP contribution >= 0.6 is 0 Å². The molecule has 1 saturated heterocycles. The highest BCUT2D eigenvalue weighted by Gasteiger charge is 2.11. The second-order valence-corrected chi connectivity index (χ2v) is 3.43. The van der Waals surface area contributed by atoms with Crippen molar-refractivity contribution in [3.63, 3.8) is 0 Å². The van der Waals surface area contributed by atoms with Crippen LogP contribution < -0.4 is 5.43 Å². The van der Waals surface area contributed by atoms with E-state index >= 15 is 0 Å². The van der Waals surface area contributed by atoms with Gasteiger partial charge < -0.3 is 0 Å². The maximum absolute atomic E-state index is 12.8. The van der Waals surface area contributed by atoms with Crippen molar-refractivity contribution in [2.45, 2.75) is 13.0 Å². The smallest absolute Gasteiger partial charge is 0.159 e. The van der Waals surface area contributed by atoms with Gasteiger partial charge in [0.2, 0.25) is 0 Å². The number of hydrazine groups is 1. The van der Waals surface area contributed by atoms with Gasteiger partial charge in [-0.1, -0.05) is 6.07 Å². The third-order valence-corrected chi connectivity index (χ3v) is 2.30. The first-order chi connectivity index (χ1) is 6.75. The molecule has 0 radical (unpaired) electrons. The van der Waals surface area contributed by atoms with E-state index in [1.54, 1.807) is 6.07 Å². The second-order valence-electron chi connectivity index (χ2n) is 3.43. The van der Waals surface area contributed by atoms with Crippen LogP contribution in [0.3, 0.4) is 0 Å². The van der Waals surface area contributed by atoms with Crippen LogP contribution in [0.25, 0.3) is 0 Å². The standard InChI is InChI=1S/C10H12F2N2/c11-9-3-2-8(6-10(9)12)7-14-5-1-4-13-14/h2-3,6,13H,1,4-5,7H2. The normalized spacial score (nSPS) is 17.6. The van der Waals surface area contributed by atoms with E-state index in [1.165, 1.54) is 12.1 Å². The van der Waals surface area contributed by atoms with E-state index < -0.39 is 11.6 Å². The molecule has 1 aliphatic heterocycles. The molecule has 0 amide bonds. The van der Waals surface area contributed by atoms with Gasteiger partial charge in [0.05, 0.1) is 0 Å². The Morgan fingerprint density at radius 2 is 2.14 bits per heavy atom. The lowest BCUT2D eigenvalue weighted by molar-refractivity contribution is 0.244. The number of hydrogen-bond acceptors (Lipinski definition) is 2. The average Bonchev–Trinajstić information content (AvgIpc) is 2.64. The van der Waals surface area contributed by atoms with E-state index in [0.717, 1.165) is 25.1 Å². The van der Waals surface area contributed by atoms with E-state index in [2.05, 4.69) is 5.43 Å². The van der Waals surface area contributed by atoms with Gasteiger partial charge >= 0.3 is 0 Å². The summed E-state index contributed by atoms with van der Waals surface area (Å²) in [5.41, 5.74) is 3.95. The molecular weight excluding hydrogens is 186 g/mol. The number of halogens is 2. The fourth-order valence-corrected chi connectivity index (χ4v) is 1.58. The third kappa shape index (κ3) is 2.08. The van der Waals surface area contributed by atoms with Gasteiger partial charge in [-0.2, -0.15) is 0 Å². The van der Waals surface area contributed by atoms with Crippen LogP contribution in [-0.2, 0) is 6.54 Å². The zero-order valence-corrected chi connectivity index (χ0v) is 7.76. The Kier molecular flexibility index (Phi) is 2.74. The molecule has 14 heavy (non-hydrogen) atoms. The van der Waals surface area contributed by atoms with Crippen LogP contribution in [0, 0.1) is 11.6 Å². The molecule has 1 aliphatic rings. The molecule has 0 bridgehead atoms. The highest BCUT2D eigenvalue weighted by molar-refractivity contribution is 5.17. The van der Waals surface area contributed by atoms with Crippen molar-refractivity contribution in [3.05, 3.63) is 35.4 Å². The Labute approximate surface area is 81.5 Å². The van der Waals surface area contributed by atoms with Crippen LogP contribution in [0.5, 0.6) is 0 Å². The Morgan fingerprint density at radius 3 is 2.79 bits per heavy atom. The zero-order valence-electron chi connectivity index (χ0n) is 7.76. The molecule has 2 nitrogen and oxygen atoms in total. The summed E-state index contributed by atoms with van der Waals surface area (Å²) in [7, 11) is 0. The molecule has 1 heterocycles. The van der Waals surface area contributed by atoms with Crippen molar-refractivity contribution in [1.82, 2.24) is 10.4 Å². The first-order valence-corrected chi connectivity index (χ1v) is 4.68. The highest BCUT2D eigenvalue weighted by Crippen LogP contribution is 2.11. The fraction of sp³-hybridized carbons (Fsp3) is 0.400. The number of rotatable bonds is 2. The van der Waals surface area contributed by atoms with Gasteiger partial charge in [-0.3, -0.25) is 5.43 Å². The molecular formula is C10H12F2N2. The lowest BCUT2D eigenvalue weighted by Gasteiger charge is -2.14. The minimum absolute atomic E-state index is 0.622. The lowest BCUT2D eigenvalue weighted by atomic mass is 10.2. The molecule has 1 aromatic carbocycles. The molecule has 0 saturated carbocycles. The molecule has 0 atom stereocenters. The van der Waals surface area contributed by atoms with Gasteiger partial charge in [-0.25, -0.2) is 13.8 Å². The number of benzene rings is 1. The number of nitrogens with one attached hydrogen (secondary N) is 1. The zero-order chi connectivity index (χ0) is 9.97. The summed E-state index contributed by atoms with van der Waals surface area (Å²) in [5.74, 6) is -1.56. The Balaban J connectivity index is 2.05. The molecule has 4 heteroatoms. The topological polar surface area (TPSA) is 15.3 Å². The summed E-state index contributed by atoms with van der Waals surface area (Å²) in [6.07, 6.45) is 1.10. The van der Waals surface area contributed by atoms with Crippen molar-refractivity contribution in [2.75, 3.05) is 13.1 Å². The predicted octanol–water partition coefficient (Wildman–Crippen LogP) is 1.68. The minimum atomic E-state index is -0.789. The van der Waals surface area contributed by atoms with Crippen molar-refractivity contribution in [1.29, 1.82) is 0 Å². The first-order valence-electron chi connectivity index (χ1n) is 4.68. The van der Waals surface area contributed by atoms with Gasteiger partial charge in [0, 0.05) is 19.6 Å². The van der Waals surface area contributed by atoms with Gasteiger partial charge in [0.1, 0.15) is 0 Å². The molecule has 0 aromatic heterocycles. The molecule has 2 rings (SSSR count). The minimum Gasteiger partial charge on any atom is -0.255 e. The van der Waals surface area contributed by atoms with Gasteiger partial charge in [0.25, 0.3) is 0 Å². The molecule has 1 N–H and O–H groups in total. The van der Waals surface area contributed by atoms with E-state index in [-0.39, 0.29) is 0 Å². The summed E-state index contributed by atoms with van der Waals surface area (Å²) in [4.78, 5) is 0. The Bertz CT molecular complexity index is 322. The lowest BCUT2D eigenvalue weighted by Crippen LogP contribution is -2.30. The molecule has 0 spiro atoms. The molecule has 0 aliphatic carbocycles. The van der Waals surface area contributed by atoms with Gasteiger partial charge in [-0.15, -0.1) is 0 Å². The Hall–Kier alpha value is -1.00. The molecule has 0 unspecified atom stereocenters. The van der Waals surface area contributed by atoms with Crippen molar-refractivity contribution in [3.8, 4) is 0 Å². The van der Waals surface area contributed by atoms with E-state index in [0.29, 0.717) is 6.54 Å². The summed E-state index contributed by atoms with van der Waals surface area (Å²) in [5, 5.41) is 2.01. The first kappa shape index (κ1) is 9.55. The third-order valence-electron chi connectivity index (χ3n) is 2.30. The van der Waals surface area contributed by atoms with E-state index in [4.69, 9.17) is 0 Å². The van der Waals surface area contributed by atoms with Crippen molar-refractivity contribution < 1.29 is 8.78 Å². The molecule has 76 valence electrons. The van der Waals surface area contributed by atoms with Crippen LogP contribution in [0.15, 0.2) is 18.2 Å². The maximum Gasteiger partial charge on any atom is 0.159 e. The quantitative estimate of drug-likeness (QED) is 0.777. The summed E-state index contributed by atoms with van der Waals surface area (Å²) in [6, 6.07) is 4.02.